The van der Waals surface area contributed by atoms with E-state index in [1.54, 1.807) is 25.1 Å². The molecule has 1 aliphatic heterocycles. The summed E-state index contributed by atoms with van der Waals surface area (Å²) in [4.78, 5) is 35.5. The van der Waals surface area contributed by atoms with E-state index in [1.165, 1.54) is 41.5 Å². The number of aromatic nitrogens is 8. The number of pyridine rings is 1. The minimum absolute atomic E-state index is 0.00550. The predicted molar refractivity (Wildman–Crippen MR) is 155 cm³/mol. The van der Waals surface area contributed by atoms with Crippen LogP contribution in [0.5, 0.6) is 0 Å². The maximum Gasteiger partial charge on any atom is 0.333 e. The third-order valence-corrected chi connectivity index (χ3v) is 7.82. The van der Waals surface area contributed by atoms with Crippen molar-refractivity contribution in [1.82, 2.24) is 39.3 Å². The molecule has 16 heteroatoms. The number of carbonyl (C=O) groups excluding carboxylic acids is 1. The van der Waals surface area contributed by atoms with Crippen LogP contribution in [-0.4, -0.2) is 45.2 Å². The van der Waals surface area contributed by atoms with Crippen LogP contribution in [0.25, 0.3) is 28.2 Å². The van der Waals surface area contributed by atoms with E-state index in [9.17, 15) is 27.2 Å². The molecule has 4 aromatic heterocycles. The van der Waals surface area contributed by atoms with Crippen LogP contribution in [0.15, 0.2) is 66.1 Å². The van der Waals surface area contributed by atoms with Gasteiger partial charge < -0.3 is 5.32 Å². The zero-order valence-corrected chi connectivity index (χ0v) is 24.2. The lowest BCUT2D eigenvalue weighted by Gasteiger charge is -2.22. The number of alkyl halides is 4. The van der Waals surface area contributed by atoms with Crippen molar-refractivity contribution < 1.29 is 22.4 Å². The number of halogens is 5. The van der Waals surface area contributed by atoms with Gasteiger partial charge in [-0.25, -0.2) is 23.1 Å². The number of fused-ring (bicyclic) bond motifs is 4. The van der Waals surface area contributed by atoms with Crippen LogP contribution in [0.1, 0.15) is 56.6 Å². The molecule has 1 N–H and O–H groups in total. The molecular weight excluding hydrogens is 618 g/mol. The van der Waals surface area contributed by atoms with Gasteiger partial charge >= 0.3 is 6.55 Å². The molecule has 1 amide bonds. The maximum absolute atomic E-state index is 13.9. The summed E-state index contributed by atoms with van der Waals surface area (Å²) in [6.45, 7) is -1.24. The third-order valence-electron chi connectivity index (χ3n) is 7.58. The average Bonchev–Trinajstić information content (AvgIpc) is 3.67. The standard InChI is InChI=1S/C29H24ClF4N9O2/c1-15-3-2-4-24(20-9-16(7-8-35-20)26-21(38-28(15)45)12-37-43(26)29(33)34)41-14-36-19(11-25(41)44)18-10-17(30)5-6-23(18)42-13-22(27(31)32)39-40-42/h5-15,24,27,29H,2-4H2,1H3,(H,38,45). The van der Waals surface area contributed by atoms with Gasteiger partial charge in [0.05, 0.1) is 53.2 Å². The first kappa shape index (κ1) is 30.1. The van der Waals surface area contributed by atoms with Crippen LogP contribution in [0.2, 0.25) is 5.02 Å². The summed E-state index contributed by atoms with van der Waals surface area (Å²) in [5, 5.41) is 14.1. The van der Waals surface area contributed by atoms with Gasteiger partial charge in [-0.05, 0) is 43.2 Å². The molecule has 11 nitrogen and oxygen atoms in total. The lowest BCUT2D eigenvalue weighted by Crippen LogP contribution is -2.27. The summed E-state index contributed by atoms with van der Waals surface area (Å²) in [6, 6.07) is 8.35. The Morgan fingerprint density at radius 1 is 1.04 bits per heavy atom. The van der Waals surface area contributed by atoms with Crippen LogP contribution >= 0.6 is 11.6 Å². The van der Waals surface area contributed by atoms with Crippen molar-refractivity contribution in [3.63, 3.8) is 0 Å². The van der Waals surface area contributed by atoms with Crippen LogP contribution in [0.3, 0.4) is 0 Å². The monoisotopic (exact) mass is 641 g/mol. The number of nitrogens with zero attached hydrogens (tertiary/aromatic N) is 8. The van der Waals surface area contributed by atoms with Crippen LogP contribution in [0.4, 0.5) is 23.2 Å². The highest BCUT2D eigenvalue weighted by Gasteiger charge is 2.26. The Kier molecular flexibility index (Phi) is 8.18. The molecule has 45 heavy (non-hydrogen) atoms. The maximum atomic E-state index is 13.9. The molecule has 0 fully saturated rings. The average molecular weight is 642 g/mol. The molecule has 2 bridgehead atoms. The highest BCUT2D eigenvalue weighted by atomic mass is 35.5. The molecule has 0 aliphatic carbocycles. The van der Waals surface area contributed by atoms with Gasteiger partial charge in [-0.3, -0.25) is 19.1 Å². The van der Waals surface area contributed by atoms with Crippen molar-refractivity contribution in [1.29, 1.82) is 0 Å². The minimum Gasteiger partial charge on any atom is -0.323 e. The summed E-state index contributed by atoms with van der Waals surface area (Å²) in [5.74, 6) is -0.801. The Bertz CT molecular complexity index is 1940. The SMILES string of the molecule is CC1CCCC(n2cnc(-c3cc(Cl)ccc3-n3cc(C(F)F)nn3)cc2=O)c2cc(ccn2)-c2c(cnn2C(F)F)NC1=O. The predicted octanol–water partition coefficient (Wildman–Crippen LogP) is 6.08. The van der Waals surface area contributed by atoms with Gasteiger partial charge in [0.1, 0.15) is 5.69 Å². The number of benzene rings is 1. The second-order valence-electron chi connectivity index (χ2n) is 10.5. The van der Waals surface area contributed by atoms with E-state index in [1.807, 2.05) is 0 Å². The fourth-order valence-electron chi connectivity index (χ4n) is 5.30. The van der Waals surface area contributed by atoms with Gasteiger partial charge in [0.15, 0.2) is 0 Å². The normalized spacial score (nSPS) is 17.1. The first-order valence-corrected chi connectivity index (χ1v) is 14.2. The van der Waals surface area contributed by atoms with Crippen molar-refractivity contribution in [2.75, 3.05) is 5.32 Å². The Balaban J connectivity index is 1.43. The molecule has 0 saturated carbocycles. The van der Waals surface area contributed by atoms with Crippen molar-refractivity contribution in [2.45, 2.75) is 45.2 Å². The minimum atomic E-state index is -2.97. The summed E-state index contributed by atoms with van der Waals surface area (Å²) < 4.78 is 57.2. The number of nitrogens with one attached hydrogen (secondary N) is 1. The van der Waals surface area contributed by atoms with Crippen molar-refractivity contribution in [3.05, 3.63) is 88.1 Å². The molecular formula is C29H24ClF4N9O2. The van der Waals surface area contributed by atoms with Crippen LogP contribution < -0.4 is 10.9 Å². The lowest BCUT2D eigenvalue weighted by atomic mass is 9.97. The molecule has 0 radical (unpaired) electrons. The summed E-state index contributed by atoms with van der Waals surface area (Å²) in [7, 11) is 0. The van der Waals surface area contributed by atoms with Crippen LogP contribution in [-0.2, 0) is 4.79 Å². The van der Waals surface area contributed by atoms with E-state index < -0.39 is 36.2 Å². The summed E-state index contributed by atoms with van der Waals surface area (Å²) in [6.07, 6.45) is 3.57. The number of amides is 1. The largest absolute Gasteiger partial charge is 0.333 e. The van der Waals surface area contributed by atoms with Gasteiger partial charge in [-0.15, -0.1) is 5.10 Å². The highest BCUT2D eigenvalue weighted by Crippen LogP contribution is 2.35. The topological polar surface area (TPSA) is 125 Å². The molecule has 1 aliphatic rings. The number of anilines is 1. The van der Waals surface area contributed by atoms with Gasteiger partial charge in [0.25, 0.3) is 12.0 Å². The first-order valence-electron chi connectivity index (χ1n) is 13.8. The molecule has 2 atom stereocenters. The Morgan fingerprint density at radius 3 is 2.60 bits per heavy atom. The summed E-state index contributed by atoms with van der Waals surface area (Å²) in [5.41, 5.74) is 0.768. The number of carbonyl (C=O) groups is 1. The van der Waals surface area contributed by atoms with Crippen molar-refractivity contribution in [3.8, 4) is 28.2 Å². The van der Waals surface area contributed by atoms with E-state index in [0.29, 0.717) is 51.5 Å². The molecule has 0 spiro atoms. The van der Waals surface area contributed by atoms with Gasteiger partial charge in [-0.1, -0.05) is 30.2 Å². The zero-order valence-electron chi connectivity index (χ0n) is 23.5. The lowest BCUT2D eigenvalue weighted by molar-refractivity contribution is -0.119. The fraction of sp³-hybridized carbons (Fsp3) is 0.276. The molecule has 2 unspecified atom stereocenters. The Labute approximate surface area is 257 Å². The van der Waals surface area contributed by atoms with E-state index >= 15 is 0 Å². The number of rotatable bonds is 5. The third kappa shape index (κ3) is 5.94. The second-order valence-corrected chi connectivity index (χ2v) is 10.9. The second kappa shape index (κ2) is 12.2. The van der Waals surface area contributed by atoms with Gasteiger partial charge in [0, 0.05) is 34.3 Å². The van der Waals surface area contributed by atoms with E-state index in [2.05, 4.69) is 30.7 Å². The zero-order chi connectivity index (χ0) is 31.8. The first-order chi connectivity index (χ1) is 21.6. The molecule has 5 heterocycles. The molecule has 0 saturated heterocycles. The fourth-order valence-corrected chi connectivity index (χ4v) is 5.47. The molecule has 5 aromatic rings. The quantitative estimate of drug-likeness (QED) is 0.231. The molecule has 6 rings (SSSR count). The van der Waals surface area contributed by atoms with E-state index in [4.69, 9.17) is 11.6 Å². The summed E-state index contributed by atoms with van der Waals surface area (Å²) >= 11 is 6.24. The highest BCUT2D eigenvalue weighted by molar-refractivity contribution is 6.31. The Hall–Kier alpha value is -4.92. The number of hydrogen-bond donors (Lipinski definition) is 1. The van der Waals surface area contributed by atoms with Crippen molar-refractivity contribution >= 4 is 23.2 Å². The Morgan fingerprint density at radius 2 is 1.87 bits per heavy atom. The molecule has 232 valence electrons. The van der Waals surface area contributed by atoms with E-state index in [-0.39, 0.29) is 23.0 Å². The van der Waals surface area contributed by atoms with Gasteiger partial charge in [0.2, 0.25) is 5.91 Å². The molecule has 1 aromatic carbocycles. The van der Waals surface area contributed by atoms with Crippen LogP contribution in [0, 0.1) is 5.92 Å². The van der Waals surface area contributed by atoms with E-state index in [0.717, 1.165) is 10.9 Å². The number of hydrogen-bond acceptors (Lipinski definition) is 7. The van der Waals surface area contributed by atoms with Crippen molar-refractivity contribution in [2.24, 2.45) is 5.92 Å². The smallest absolute Gasteiger partial charge is 0.323 e. The van der Waals surface area contributed by atoms with Gasteiger partial charge in [-0.2, -0.15) is 13.9 Å².